The predicted octanol–water partition coefficient (Wildman–Crippen LogP) is 12.2. The molecule has 78 heavy (non-hydrogen) atoms. The number of aromatic nitrogens is 6. The van der Waals surface area contributed by atoms with Gasteiger partial charge in [-0.3, -0.25) is 20.2 Å². The Balaban J connectivity index is 0.766. The molecule has 402 valence electrons. The molecule has 0 bridgehead atoms. The van der Waals surface area contributed by atoms with E-state index in [1.807, 2.05) is 72.7 Å². The van der Waals surface area contributed by atoms with Gasteiger partial charge in [-0.2, -0.15) is 10.2 Å². The second-order valence-corrected chi connectivity index (χ2v) is 20.6. The lowest BCUT2D eigenvalue weighted by atomic mass is 9.92. The molecule has 0 aliphatic carbocycles. The first-order valence-corrected chi connectivity index (χ1v) is 25.0. The van der Waals surface area contributed by atoms with Gasteiger partial charge in [0.1, 0.15) is 53.1 Å². The smallest absolute Gasteiger partial charge is 0.324 e. The summed E-state index contributed by atoms with van der Waals surface area (Å²) < 4.78 is 53.2. The number of rotatable bonds is 17. The molecule has 4 aromatic heterocycles. The third-order valence-corrected chi connectivity index (χ3v) is 12.1. The first-order valence-electron chi connectivity index (χ1n) is 25.0. The molecule has 8 aromatic rings. The highest BCUT2D eigenvalue weighted by molar-refractivity contribution is 6.00. The number of hydrogen-bond donors (Lipinski definition) is 6. The van der Waals surface area contributed by atoms with Crippen LogP contribution in [0.25, 0.3) is 11.4 Å². The molecule has 20 heteroatoms. The number of nitrogens with one attached hydrogen (secondary N) is 6. The van der Waals surface area contributed by atoms with Gasteiger partial charge in [0.25, 0.3) is 0 Å². The maximum atomic E-state index is 15.3. The van der Waals surface area contributed by atoms with Crippen molar-refractivity contribution in [2.45, 2.75) is 91.6 Å². The number of urea groups is 2. The molecule has 6 N–H and O–H groups in total. The third kappa shape index (κ3) is 14.7. The molecule has 0 radical (unpaired) electrons. The topological polar surface area (TPSA) is 211 Å². The van der Waals surface area contributed by atoms with E-state index in [0.717, 1.165) is 28.6 Å². The zero-order valence-electron chi connectivity index (χ0n) is 44.1. The number of amides is 6. The van der Waals surface area contributed by atoms with Crippen molar-refractivity contribution in [3.05, 3.63) is 185 Å². The van der Waals surface area contributed by atoms with Crippen LogP contribution in [0.15, 0.2) is 134 Å². The third-order valence-electron chi connectivity index (χ3n) is 12.1. The number of nitrogens with zero attached hydrogens (tertiary/aromatic N) is 6. The summed E-state index contributed by atoms with van der Waals surface area (Å²) in [4.78, 5) is 60.4. The number of carbonyl (C=O) groups is 4. The van der Waals surface area contributed by atoms with Crippen molar-refractivity contribution in [2.75, 3.05) is 31.9 Å². The second-order valence-electron chi connectivity index (χ2n) is 20.6. The molecule has 0 saturated heterocycles. The standard InChI is InChI=1S/C58H59F3N12O5/c1-35-8-15-40(16-9-35)72-51(32-47(70-72)57(2,3)4)68-56(77)65-46-21-19-42(31-44(46)61)78-34-38-25-27-63-50(30-38)67-54(75)23-22-53(74)66-49-29-37(24-26-62-49)11-10-36-12-20-45(43(60)28-36)64-55(76)69-52-33-48(58(5,6)7)71-73(52)41-17-13-39(59)14-18-41/h8-9,12-21,24-33H,10-11,22-23,34H2,1-7H3,(H,62,66,74)(H,63,67,75)(H2,64,69,76)(H2,65,68,77). The van der Waals surface area contributed by atoms with Crippen LogP contribution < -0.4 is 36.6 Å². The number of benzene rings is 4. The molecular formula is C58H59F3N12O5. The van der Waals surface area contributed by atoms with E-state index in [9.17, 15) is 23.6 Å². The van der Waals surface area contributed by atoms with Crippen LogP contribution in [-0.4, -0.2) is 53.4 Å². The van der Waals surface area contributed by atoms with E-state index >= 15 is 8.78 Å². The fraction of sp³-hybridized carbons (Fsp3) is 0.241. The van der Waals surface area contributed by atoms with E-state index < -0.39 is 41.3 Å². The first-order chi connectivity index (χ1) is 37.1. The highest BCUT2D eigenvalue weighted by Gasteiger charge is 2.24. The van der Waals surface area contributed by atoms with Gasteiger partial charge in [0, 0.05) is 54.3 Å². The van der Waals surface area contributed by atoms with Crippen LogP contribution >= 0.6 is 0 Å². The number of halogens is 3. The number of hydrogen-bond acceptors (Lipinski definition) is 9. The highest BCUT2D eigenvalue weighted by atomic mass is 19.1. The van der Waals surface area contributed by atoms with Gasteiger partial charge in [0.05, 0.1) is 34.1 Å². The number of anilines is 6. The Kier molecular flexibility index (Phi) is 16.7. The molecule has 4 heterocycles. The summed E-state index contributed by atoms with van der Waals surface area (Å²) in [6.45, 7) is 13.9. The number of aryl methyl sites for hydroxylation is 3. The fourth-order valence-electron chi connectivity index (χ4n) is 7.80. The summed E-state index contributed by atoms with van der Waals surface area (Å²) in [5.74, 6) is -1.25. The van der Waals surface area contributed by atoms with Crippen molar-refractivity contribution >= 4 is 58.5 Å². The predicted molar refractivity (Wildman–Crippen MR) is 294 cm³/mol. The lowest BCUT2D eigenvalue weighted by molar-refractivity contribution is -0.121. The Hall–Kier alpha value is -9.33. The molecule has 8 rings (SSSR count). The Morgan fingerprint density at radius 3 is 1.47 bits per heavy atom. The zero-order valence-corrected chi connectivity index (χ0v) is 44.1. The minimum Gasteiger partial charge on any atom is -0.489 e. The summed E-state index contributed by atoms with van der Waals surface area (Å²) >= 11 is 0. The monoisotopic (exact) mass is 1060 g/mol. The molecule has 0 spiro atoms. The van der Waals surface area contributed by atoms with Crippen molar-refractivity contribution in [1.82, 2.24) is 29.5 Å². The Labute approximate surface area is 449 Å². The minimum atomic E-state index is -0.723. The van der Waals surface area contributed by atoms with Crippen LogP contribution in [0.3, 0.4) is 0 Å². The molecule has 0 atom stereocenters. The zero-order chi connectivity index (χ0) is 55.7. The molecule has 0 unspecified atom stereocenters. The van der Waals surface area contributed by atoms with Gasteiger partial charge in [-0.1, -0.05) is 65.3 Å². The van der Waals surface area contributed by atoms with Crippen LogP contribution in [0.4, 0.5) is 57.4 Å². The SMILES string of the molecule is Cc1ccc(-n2nc(C(C)(C)C)cc2NC(=O)Nc2ccc(OCc3ccnc(NC(=O)CCC(=O)Nc4cc(CCc5ccc(NC(=O)Nc6cc(C(C)(C)C)nn6-c6ccc(F)cc6)c(F)c5)ccn4)c3)cc2F)cc1. The van der Waals surface area contributed by atoms with Gasteiger partial charge < -0.3 is 26.0 Å². The Bertz CT molecular complexity index is 3250. The lowest BCUT2D eigenvalue weighted by Crippen LogP contribution is -2.22. The van der Waals surface area contributed by atoms with E-state index in [2.05, 4.69) is 47.0 Å². The average molecular weight is 1060 g/mol. The van der Waals surface area contributed by atoms with Gasteiger partial charge in [0.15, 0.2) is 0 Å². The molecule has 0 aliphatic rings. The number of ether oxygens (including phenoxy) is 1. The average Bonchev–Trinajstić information content (AvgIpc) is 4.04. The summed E-state index contributed by atoms with van der Waals surface area (Å²) in [6.07, 6.45) is 3.62. The van der Waals surface area contributed by atoms with Gasteiger partial charge in [0.2, 0.25) is 11.8 Å². The Morgan fingerprint density at radius 1 is 0.513 bits per heavy atom. The van der Waals surface area contributed by atoms with Gasteiger partial charge in [-0.25, -0.2) is 42.1 Å². The van der Waals surface area contributed by atoms with Crippen LogP contribution in [0, 0.1) is 24.4 Å². The van der Waals surface area contributed by atoms with Gasteiger partial charge in [-0.05, 0) is 121 Å². The molecule has 4 aromatic carbocycles. The van der Waals surface area contributed by atoms with Crippen molar-refractivity contribution in [3.63, 3.8) is 0 Å². The molecule has 17 nitrogen and oxygen atoms in total. The van der Waals surface area contributed by atoms with E-state index in [1.165, 1.54) is 65.6 Å². The maximum Gasteiger partial charge on any atom is 0.324 e. The summed E-state index contributed by atoms with van der Waals surface area (Å²) in [7, 11) is 0. The van der Waals surface area contributed by atoms with Crippen LogP contribution in [0.5, 0.6) is 5.75 Å². The fourth-order valence-corrected chi connectivity index (χ4v) is 7.80. The normalized spacial score (nSPS) is 11.4. The summed E-state index contributed by atoms with van der Waals surface area (Å²) in [5, 5.41) is 25.4. The molecular weight excluding hydrogens is 1000 g/mol. The van der Waals surface area contributed by atoms with Crippen molar-refractivity contribution in [3.8, 4) is 17.1 Å². The Morgan fingerprint density at radius 2 is 0.974 bits per heavy atom. The second kappa shape index (κ2) is 23.7. The van der Waals surface area contributed by atoms with Crippen LogP contribution in [0.2, 0.25) is 0 Å². The number of carbonyl (C=O) groups excluding carboxylic acids is 4. The molecule has 0 saturated carbocycles. The van der Waals surface area contributed by atoms with Crippen molar-refractivity contribution in [1.29, 1.82) is 0 Å². The van der Waals surface area contributed by atoms with E-state index in [0.29, 0.717) is 47.0 Å². The lowest BCUT2D eigenvalue weighted by Gasteiger charge is -2.14. The van der Waals surface area contributed by atoms with Gasteiger partial charge in [-0.15, -0.1) is 0 Å². The first kappa shape index (κ1) is 54.9. The molecule has 0 aliphatic heterocycles. The minimum absolute atomic E-state index is 0.00277. The van der Waals surface area contributed by atoms with Crippen LogP contribution in [-0.2, 0) is 39.9 Å². The number of pyridine rings is 2. The van der Waals surface area contributed by atoms with Crippen LogP contribution in [0.1, 0.15) is 88.0 Å². The van der Waals surface area contributed by atoms with E-state index in [1.54, 1.807) is 47.1 Å². The largest absolute Gasteiger partial charge is 0.489 e. The van der Waals surface area contributed by atoms with Gasteiger partial charge >= 0.3 is 12.1 Å². The van der Waals surface area contributed by atoms with Crippen molar-refractivity contribution < 1.29 is 37.1 Å². The highest BCUT2D eigenvalue weighted by Crippen LogP contribution is 2.30. The summed E-state index contributed by atoms with van der Waals surface area (Å²) in [6, 6.07) is 30.8. The van der Waals surface area contributed by atoms with E-state index in [-0.39, 0.29) is 59.0 Å². The maximum absolute atomic E-state index is 15.3. The summed E-state index contributed by atoms with van der Waals surface area (Å²) in [5.41, 5.74) is 5.13. The molecule has 6 amide bonds. The molecule has 0 fully saturated rings. The van der Waals surface area contributed by atoms with E-state index in [4.69, 9.17) is 9.84 Å². The quantitative estimate of drug-likeness (QED) is 0.0511. The van der Waals surface area contributed by atoms with Crippen molar-refractivity contribution in [2.24, 2.45) is 0 Å².